The number of thioether (sulfide) groups is 1. The Morgan fingerprint density at radius 2 is 1.96 bits per heavy atom. The van der Waals surface area contributed by atoms with Crippen LogP contribution >= 0.6 is 23.4 Å². The minimum Gasteiger partial charge on any atom is -0.368 e. The number of hydrogen-bond acceptors (Lipinski definition) is 4. The number of hydrogen-bond donors (Lipinski definition) is 1. The number of carbonyl (C=O) groups is 1. The van der Waals surface area contributed by atoms with E-state index in [1.165, 1.54) is 0 Å². The number of urea groups is 1. The Balaban J connectivity index is 1.57. The van der Waals surface area contributed by atoms with Crippen LogP contribution in [0.4, 0.5) is 16.2 Å². The predicted octanol–water partition coefficient (Wildman–Crippen LogP) is 4.95. The fraction of sp³-hybridized carbons (Fsp3) is 0.333. The number of para-hydroxylation sites is 1. The molecule has 0 spiro atoms. The van der Waals surface area contributed by atoms with E-state index >= 15 is 0 Å². The van der Waals surface area contributed by atoms with Gasteiger partial charge in [-0.1, -0.05) is 29.8 Å². The van der Waals surface area contributed by atoms with Gasteiger partial charge < -0.3 is 15.1 Å². The average Bonchev–Trinajstić information content (AvgIpc) is 2.73. The van der Waals surface area contributed by atoms with E-state index in [2.05, 4.69) is 16.3 Å². The van der Waals surface area contributed by atoms with Crippen molar-refractivity contribution >= 4 is 40.8 Å². The fourth-order valence-electron chi connectivity index (χ4n) is 2.98. The molecule has 1 heterocycles. The molecule has 2 aromatic carbocycles. The van der Waals surface area contributed by atoms with Gasteiger partial charge in [0.1, 0.15) is 0 Å². The van der Waals surface area contributed by atoms with Gasteiger partial charge in [-0.05, 0) is 37.3 Å². The van der Waals surface area contributed by atoms with Gasteiger partial charge in [0.15, 0.2) is 0 Å². The number of halogens is 1. The largest absolute Gasteiger partial charge is 0.368 e. The molecule has 0 saturated carbocycles. The molecule has 7 heteroatoms. The van der Waals surface area contributed by atoms with E-state index in [9.17, 15) is 4.79 Å². The Bertz CT molecular complexity index is 861. The van der Waals surface area contributed by atoms with Crippen LogP contribution in [0.3, 0.4) is 0 Å². The van der Waals surface area contributed by atoms with Crippen LogP contribution in [0.2, 0.25) is 5.02 Å². The molecule has 28 heavy (non-hydrogen) atoms. The second-order valence-electron chi connectivity index (χ2n) is 6.72. The van der Waals surface area contributed by atoms with Crippen LogP contribution in [0.1, 0.15) is 6.92 Å². The molecule has 2 amide bonds. The van der Waals surface area contributed by atoms with Crippen molar-refractivity contribution in [2.75, 3.05) is 42.1 Å². The summed E-state index contributed by atoms with van der Waals surface area (Å²) in [6, 6.07) is 17.7. The van der Waals surface area contributed by atoms with Gasteiger partial charge in [-0.3, -0.25) is 0 Å². The van der Waals surface area contributed by atoms with Gasteiger partial charge in [-0.2, -0.15) is 5.26 Å². The molecule has 1 saturated heterocycles. The minimum atomic E-state index is -0.0906. The summed E-state index contributed by atoms with van der Waals surface area (Å²) in [7, 11) is 0. The summed E-state index contributed by atoms with van der Waals surface area (Å²) < 4.78 is 0. The summed E-state index contributed by atoms with van der Waals surface area (Å²) in [5.74, 6) is 0.662. The van der Waals surface area contributed by atoms with Gasteiger partial charge >= 0.3 is 6.03 Å². The molecule has 0 aliphatic carbocycles. The summed E-state index contributed by atoms with van der Waals surface area (Å²) in [6.45, 7) is 4.74. The highest BCUT2D eigenvalue weighted by Crippen LogP contribution is 2.29. The number of amides is 2. The third-order valence-corrected chi connectivity index (χ3v) is 6.15. The van der Waals surface area contributed by atoms with E-state index in [0.717, 1.165) is 34.4 Å². The van der Waals surface area contributed by atoms with E-state index < -0.39 is 0 Å². The lowest BCUT2D eigenvalue weighted by molar-refractivity contribution is 0.208. The molecule has 2 aromatic rings. The number of nitriles is 1. The van der Waals surface area contributed by atoms with Crippen LogP contribution in [0.25, 0.3) is 0 Å². The Kier molecular flexibility index (Phi) is 7.07. The zero-order valence-corrected chi connectivity index (χ0v) is 17.3. The van der Waals surface area contributed by atoms with Crippen molar-refractivity contribution in [3.63, 3.8) is 0 Å². The van der Waals surface area contributed by atoms with E-state index in [1.54, 1.807) is 11.8 Å². The summed E-state index contributed by atoms with van der Waals surface area (Å²) in [5, 5.41) is 12.7. The van der Waals surface area contributed by atoms with Gasteiger partial charge in [-0.15, -0.1) is 11.8 Å². The first-order valence-electron chi connectivity index (χ1n) is 9.24. The zero-order valence-electron chi connectivity index (χ0n) is 15.8. The van der Waals surface area contributed by atoms with Gasteiger partial charge in [0.25, 0.3) is 0 Å². The number of carbonyl (C=O) groups excluding carboxylic acids is 1. The molecule has 1 fully saturated rings. The monoisotopic (exact) mass is 414 g/mol. The standard InChI is InChI=1S/C21H23ClN4OS/c1-16(14-23)15-28-20-8-3-2-7-19(20)24-21(27)26-11-9-25(10-12-26)18-6-4-5-17(22)13-18/h2-8,13,16H,9-12,15H2,1H3,(H,24,27). The van der Waals surface area contributed by atoms with E-state index in [-0.39, 0.29) is 11.9 Å². The van der Waals surface area contributed by atoms with E-state index in [0.29, 0.717) is 18.8 Å². The predicted molar refractivity (Wildman–Crippen MR) is 116 cm³/mol. The molecule has 1 unspecified atom stereocenters. The molecule has 1 aliphatic rings. The van der Waals surface area contributed by atoms with Crippen LogP contribution < -0.4 is 10.2 Å². The highest BCUT2D eigenvalue weighted by Gasteiger charge is 2.22. The topological polar surface area (TPSA) is 59.4 Å². The first kappa shape index (κ1) is 20.4. The van der Waals surface area contributed by atoms with Crippen molar-refractivity contribution in [3.05, 3.63) is 53.6 Å². The van der Waals surface area contributed by atoms with Gasteiger partial charge in [0.2, 0.25) is 0 Å². The molecule has 1 atom stereocenters. The molecule has 5 nitrogen and oxygen atoms in total. The highest BCUT2D eigenvalue weighted by atomic mass is 35.5. The number of benzene rings is 2. The van der Waals surface area contributed by atoms with Crippen LogP contribution in [-0.2, 0) is 0 Å². The van der Waals surface area contributed by atoms with E-state index in [4.69, 9.17) is 16.9 Å². The average molecular weight is 415 g/mol. The molecule has 0 radical (unpaired) electrons. The quantitative estimate of drug-likeness (QED) is 0.703. The molecule has 3 rings (SSSR count). The minimum absolute atomic E-state index is 0.0340. The maximum atomic E-state index is 12.7. The summed E-state index contributed by atoms with van der Waals surface area (Å²) in [6.07, 6.45) is 0. The number of anilines is 2. The van der Waals surface area contributed by atoms with Crippen molar-refractivity contribution < 1.29 is 4.79 Å². The van der Waals surface area contributed by atoms with Crippen LogP contribution in [0.5, 0.6) is 0 Å². The number of nitrogens with zero attached hydrogens (tertiary/aromatic N) is 3. The second-order valence-corrected chi connectivity index (χ2v) is 8.22. The Morgan fingerprint density at radius 3 is 2.68 bits per heavy atom. The molecule has 0 aromatic heterocycles. The van der Waals surface area contributed by atoms with Crippen LogP contribution in [-0.4, -0.2) is 42.9 Å². The lowest BCUT2D eigenvalue weighted by Crippen LogP contribution is -2.50. The highest BCUT2D eigenvalue weighted by molar-refractivity contribution is 7.99. The summed E-state index contributed by atoms with van der Waals surface area (Å²) in [5.41, 5.74) is 1.88. The van der Waals surface area contributed by atoms with Crippen molar-refractivity contribution in [1.82, 2.24) is 4.90 Å². The van der Waals surface area contributed by atoms with Gasteiger partial charge in [0, 0.05) is 47.5 Å². The fourth-order valence-corrected chi connectivity index (χ4v) is 4.12. The number of piperazine rings is 1. The first-order valence-corrected chi connectivity index (χ1v) is 10.6. The van der Waals surface area contributed by atoms with Crippen LogP contribution in [0, 0.1) is 17.2 Å². The van der Waals surface area contributed by atoms with Crippen molar-refractivity contribution in [2.24, 2.45) is 5.92 Å². The maximum Gasteiger partial charge on any atom is 0.321 e. The third-order valence-electron chi connectivity index (χ3n) is 4.58. The Morgan fingerprint density at radius 1 is 1.21 bits per heavy atom. The van der Waals surface area contributed by atoms with Gasteiger partial charge in [-0.25, -0.2) is 4.79 Å². The molecular formula is C21H23ClN4OS. The summed E-state index contributed by atoms with van der Waals surface area (Å²) in [4.78, 5) is 17.8. The SMILES string of the molecule is CC(C#N)CSc1ccccc1NC(=O)N1CCN(c2cccc(Cl)c2)CC1. The third kappa shape index (κ3) is 5.34. The van der Waals surface area contributed by atoms with Crippen molar-refractivity contribution in [3.8, 4) is 6.07 Å². The molecular weight excluding hydrogens is 392 g/mol. The van der Waals surface area contributed by atoms with Crippen LogP contribution in [0.15, 0.2) is 53.4 Å². The molecule has 1 aliphatic heterocycles. The first-order chi connectivity index (χ1) is 13.6. The maximum absolute atomic E-state index is 12.7. The second kappa shape index (κ2) is 9.72. The lowest BCUT2D eigenvalue weighted by Gasteiger charge is -2.36. The van der Waals surface area contributed by atoms with Crippen molar-refractivity contribution in [2.45, 2.75) is 11.8 Å². The van der Waals surface area contributed by atoms with E-state index in [1.807, 2.05) is 60.4 Å². The summed E-state index contributed by atoms with van der Waals surface area (Å²) >= 11 is 7.67. The zero-order chi connectivity index (χ0) is 19.9. The Labute approximate surface area is 175 Å². The lowest BCUT2D eigenvalue weighted by atomic mass is 10.2. The van der Waals surface area contributed by atoms with Crippen molar-refractivity contribution in [1.29, 1.82) is 5.26 Å². The molecule has 146 valence electrons. The number of nitrogens with one attached hydrogen (secondary N) is 1. The normalized spacial score (nSPS) is 15.0. The smallest absolute Gasteiger partial charge is 0.321 e. The van der Waals surface area contributed by atoms with Gasteiger partial charge in [0.05, 0.1) is 17.7 Å². The Hall–Kier alpha value is -2.36. The number of rotatable bonds is 5. The molecule has 0 bridgehead atoms. The molecule has 1 N–H and O–H groups in total.